The highest BCUT2D eigenvalue weighted by atomic mass is 32.1. The van der Waals surface area contributed by atoms with E-state index in [2.05, 4.69) is 4.98 Å². The molecule has 0 radical (unpaired) electrons. The minimum atomic E-state index is 0.0671. The monoisotopic (exact) mass is 204 g/mol. The molecule has 0 aromatic carbocycles. The Balaban J connectivity index is 2.94. The van der Waals surface area contributed by atoms with E-state index in [1.807, 2.05) is 26.0 Å². The van der Waals surface area contributed by atoms with Crippen LogP contribution in [-0.2, 0) is 0 Å². The maximum Gasteiger partial charge on any atom is 0.153 e. The van der Waals surface area contributed by atoms with Gasteiger partial charge in [0.25, 0.3) is 0 Å². The summed E-state index contributed by atoms with van der Waals surface area (Å²) in [4.78, 5) is 4.60. The quantitative estimate of drug-likeness (QED) is 0.717. The summed E-state index contributed by atoms with van der Waals surface area (Å²) < 4.78 is 0.920. The van der Waals surface area contributed by atoms with E-state index in [0.717, 1.165) is 16.1 Å². The summed E-state index contributed by atoms with van der Waals surface area (Å²) in [5.41, 5.74) is 1.68. The molecular formula is C10H8N2OS. The molecule has 0 amide bonds. The first kappa shape index (κ1) is 8.97. The Labute approximate surface area is 85.3 Å². The van der Waals surface area contributed by atoms with Gasteiger partial charge in [-0.3, -0.25) is 4.98 Å². The second-order valence-electron chi connectivity index (χ2n) is 3.11. The van der Waals surface area contributed by atoms with Crippen LogP contribution < -0.4 is 0 Å². The molecule has 0 aliphatic carbocycles. The average molecular weight is 204 g/mol. The van der Waals surface area contributed by atoms with Crippen LogP contribution in [0, 0.1) is 25.2 Å². The molecule has 3 nitrogen and oxygen atoms in total. The molecule has 0 unspecified atom stereocenters. The summed E-state index contributed by atoms with van der Waals surface area (Å²) in [5, 5.41) is 19.2. The van der Waals surface area contributed by atoms with Gasteiger partial charge < -0.3 is 5.11 Å². The molecule has 0 fully saturated rings. The molecule has 2 rings (SSSR count). The van der Waals surface area contributed by atoms with E-state index in [1.54, 1.807) is 0 Å². The molecule has 2 aromatic rings. The minimum Gasteiger partial charge on any atom is -0.505 e. The van der Waals surface area contributed by atoms with Gasteiger partial charge in [0.05, 0.1) is 5.39 Å². The van der Waals surface area contributed by atoms with Gasteiger partial charge in [0, 0.05) is 16.1 Å². The maximum atomic E-state index is 9.71. The molecule has 2 heterocycles. The summed E-state index contributed by atoms with van der Waals surface area (Å²) >= 11 is 1.30. The summed E-state index contributed by atoms with van der Waals surface area (Å²) in [7, 11) is 0. The van der Waals surface area contributed by atoms with Crippen molar-refractivity contribution in [2.24, 2.45) is 0 Å². The Hall–Kier alpha value is -1.60. The Bertz CT molecular complexity index is 551. The number of hydrogen-bond acceptors (Lipinski definition) is 4. The normalized spacial score (nSPS) is 10.4. The number of aryl methyl sites for hydroxylation is 2. The zero-order valence-corrected chi connectivity index (χ0v) is 8.64. The van der Waals surface area contributed by atoms with Crippen LogP contribution >= 0.6 is 11.3 Å². The molecule has 2 aromatic heterocycles. The van der Waals surface area contributed by atoms with Crippen LogP contribution in [0.25, 0.3) is 10.1 Å². The lowest BCUT2D eigenvalue weighted by molar-refractivity contribution is 0.482. The van der Waals surface area contributed by atoms with Crippen molar-refractivity contribution in [2.45, 2.75) is 13.8 Å². The first-order valence-electron chi connectivity index (χ1n) is 4.13. The van der Waals surface area contributed by atoms with Gasteiger partial charge in [-0.05, 0) is 19.9 Å². The van der Waals surface area contributed by atoms with Gasteiger partial charge in [0.1, 0.15) is 10.9 Å². The van der Waals surface area contributed by atoms with Crippen LogP contribution in [0.15, 0.2) is 6.07 Å². The number of nitriles is 1. The third kappa shape index (κ3) is 1.14. The van der Waals surface area contributed by atoms with Crippen molar-refractivity contribution < 1.29 is 5.11 Å². The molecule has 0 atom stereocenters. The smallest absolute Gasteiger partial charge is 0.153 e. The van der Waals surface area contributed by atoms with Crippen molar-refractivity contribution in [3.8, 4) is 11.8 Å². The molecule has 70 valence electrons. The topological polar surface area (TPSA) is 56.9 Å². The van der Waals surface area contributed by atoms with Gasteiger partial charge in [-0.2, -0.15) is 5.26 Å². The third-order valence-corrected chi connectivity index (χ3v) is 3.09. The van der Waals surface area contributed by atoms with Gasteiger partial charge in [-0.15, -0.1) is 11.3 Å². The first-order chi connectivity index (χ1) is 6.63. The lowest BCUT2D eigenvalue weighted by Crippen LogP contribution is -1.84. The lowest BCUT2D eigenvalue weighted by Gasteiger charge is -1.97. The Kier molecular flexibility index (Phi) is 1.90. The highest BCUT2D eigenvalue weighted by Crippen LogP contribution is 2.37. The van der Waals surface area contributed by atoms with E-state index in [4.69, 9.17) is 5.26 Å². The number of hydrogen-bond donors (Lipinski definition) is 1. The summed E-state index contributed by atoms with van der Waals surface area (Å²) in [6.45, 7) is 3.73. The summed E-state index contributed by atoms with van der Waals surface area (Å²) in [5.74, 6) is 0.0671. The van der Waals surface area contributed by atoms with Crippen molar-refractivity contribution >= 4 is 21.4 Å². The molecule has 0 bridgehead atoms. The predicted octanol–water partition coefficient (Wildman–Crippen LogP) is 2.49. The second kappa shape index (κ2) is 2.96. The zero-order valence-electron chi connectivity index (χ0n) is 7.83. The molecule has 0 spiro atoms. The second-order valence-corrected chi connectivity index (χ2v) is 4.17. The van der Waals surface area contributed by atoms with Gasteiger partial charge in [0.15, 0.2) is 5.75 Å². The van der Waals surface area contributed by atoms with E-state index in [9.17, 15) is 5.11 Å². The summed E-state index contributed by atoms with van der Waals surface area (Å²) in [6, 6.07) is 3.85. The van der Waals surface area contributed by atoms with Gasteiger partial charge in [-0.25, -0.2) is 0 Å². The van der Waals surface area contributed by atoms with Crippen LogP contribution in [0.2, 0.25) is 0 Å². The fourth-order valence-corrected chi connectivity index (χ4v) is 2.55. The average Bonchev–Trinajstić information content (AvgIpc) is 2.42. The van der Waals surface area contributed by atoms with Gasteiger partial charge >= 0.3 is 0 Å². The number of aromatic hydroxyl groups is 1. The Morgan fingerprint density at radius 1 is 1.50 bits per heavy atom. The van der Waals surface area contributed by atoms with E-state index in [1.165, 1.54) is 11.3 Å². The SMILES string of the molecule is Cc1cc2sc(C#N)c(O)c2c(C)n1. The Morgan fingerprint density at radius 3 is 2.86 bits per heavy atom. The number of rotatable bonds is 0. The number of nitrogens with zero attached hydrogens (tertiary/aromatic N) is 2. The van der Waals surface area contributed by atoms with Gasteiger partial charge in [-0.1, -0.05) is 0 Å². The van der Waals surface area contributed by atoms with Crippen LogP contribution in [0.4, 0.5) is 0 Å². The number of thiophene rings is 1. The predicted molar refractivity (Wildman–Crippen MR) is 55.5 cm³/mol. The highest BCUT2D eigenvalue weighted by molar-refractivity contribution is 7.20. The summed E-state index contributed by atoms with van der Waals surface area (Å²) in [6.07, 6.45) is 0. The molecule has 14 heavy (non-hydrogen) atoms. The molecule has 1 N–H and O–H groups in total. The highest BCUT2D eigenvalue weighted by Gasteiger charge is 2.13. The molecular weight excluding hydrogens is 196 g/mol. The fraction of sp³-hybridized carbons (Fsp3) is 0.200. The number of pyridine rings is 1. The number of fused-ring (bicyclic) bond motifs is 1. The lowest BCUT2D eigenvalue weighted by atomic mass is 10.2. The molecule has 0 aliphatic rings. The minimum absolute atomic E-state index is 0.0671. The Morgan fingerprint density at radius 2 is 2.21 bits per heavy atom. The van der Waals surface area contributed by atoms with Crippen LogP contribution in [0.3, 0.4) is 0 Å². The van der Waals surface area contributed by atoms with E-state index < -0.39 is 0 Å². The first-order valence-corrected chi connectivity index (χ1v) is 4.95. The van der Waals surface area contributed by atoms with Crippen LogP contribution in [-0.4, -0.2) is 10.1 Å². The number of aromatic nitrogens is 1. The molecule has 0 saturated carbocycles. The molecule has 4 heteroatoms. The van der Waals surface area contributed by atoms with Crippen LogP contribution in [0.5, 0.6) is 5.75 Å². The van der Waals surface area contributed by atoms with Crippen molar-refractivity contribution in [1.29, 1.82) is 5.26 Å². The van der Waals surface area contributed by atoms with Crippen molar-refractivity contribution in [2.75, 3.05) is 0 Å². The third-order valence-electron chi connectivity index (χ3n) is 2.06. The standard InChI is InChI=1S/C10H8N2OS/c1-5-3-7-9(6(2)12-5)10(13)8(4-11)14-7/h3,13H,1-2H3. The van der Waals surface area contributed by atoms with E-state index in [0.29, 0.717) is 10.3 Å². The largest absolute Gasteiger partial charge is 0.505 e. The zero-order chi connectivity index (χ0) is 10.3. The molecule has 0 saturated heterocycles. The van der Waals surface area contributed by atoms with Crippen molar-refractivity contribution in [3.05, 3.63) is 22.3 Å². The van der Waals surface area contributed by atoms with Gasteiger partial charge in [0.2, 0.25) is 0 Å². The van der Waals surface area contributed by atoms with E-state index in [-0.39, 0.29) is 5.75 Å². The van der Waals surface area contributed by atoms with E-state index >= 15 is 0 Å². The van der Waals surface area contributed by atoms with Crippen molar-refractivity contribution in [1.82, 2.24) is 4.98 Å². The van der Waals surface area contributed by atoms with Crippen molar-refractivity contribution in [3.63, 3.8) is 0 Å². The molecule has 0 aliphatic heterocycles. The fourth-order valence-electron chi connectivity index (χ4n) is 1.51. The van der Waals surface area contributed by atoms with Crippen LogP contribution in [0.1, 0.15) is 16.3 Å². The maximum absolute atomic E-state index is 9.71.